The van der Waals surface area contributed by atoms with Gasteiger partial charge in [-0.05, 0) is 54.3 Å². The minimum atomic E-state index is -0.977. The second-order valence-corrected chi connectivity index (χ2v) is 8.04. The number of fused-ring (bicyclic) bond motifs is 6. The number of carbonyl (C=O) groups excluding carboxylic acids is 1. The molecule has 1 aliphatic carbocycles. The molecule has 2 heterocycles. The molecule has 1 aromatic heterocycles. The normalized spacial score (nSPS) is 24.3. The fraction of sp³-hybridized carbons (Fsp3) is 0.250. The van der Waals surface area contributed by atoms with Crippen LogP contribution in [0.4, 0.5) is 4.39 Å². The number of nitrogens with one attached hydrogen (secondary N) is 2. The largest absolute Gasteiger partial charge is 0.356 e. The van der Waals surface area contributed by atoms with Crippen molar-refractivity contribution in [3.8, 4) is 0 Å². The maximum absolute atomic E-state index is 14.1. The minimum Gasteiger partial charge on any atom is -0.356 e. The monoisotopic (exact) mass is 388 g/mol. The number of rotatable bonds is 0. The van der Waals surface area contributed by atoms with Gasteiger partial charge < -0.3 is 4.98 Å². The van der Waals surface area contributed by atoms with E-state index < -0.39 is 11.4 Å². The molecule has 2 atom stereocenters. The van der Waals surface area contributed by atoms with E-state index in [1.54, 1.807) is 12.1 Å². The number of halogens is 3. The van der Waals surface area contributed by atoms with Crippen molar-refractivity contribution in [3.63, 3.8) is 0 Å². The number of aromatic nitrogens is 1. The molecule has 26 heavy (non-hydrogen) atoms. The van der Waals surface area contributed by atoms with Crippen molar-refractivity contribution < 1.29 is 9.18 Å². The Hall–Kier alpha value is -1.88. The third kappa shape index (κ3) is 2.01. The van der Waals surface area contributed by atoms with Gasteiger partial charge in [0.15, 0.2) is 5.78 Å². The first kappa shape index (κ1) is 16.3. The summed E-state index contributed by atoms with van der Waals surface area (Å²) in [5, 5.41) is 4.93. The number of ketones is 1. The van der Waals surface area contributed by atoms with E-state index in [1.165, 1.54) is 6.07 Å². The Bertz CT molecular complexity index is 1110. The maximum Gasteiger partial charge on any atom is 0.167 e. The molecular weight excluding hydrogens is 374 g/mol. The first-order valence-corrected chi connectivity index (χ1v) is 9.25. The van der Waals surface area contributed by atoms with Crippen molar-refractivity contribution in [2.24, 2.45) is 0 Å². The van der Waals surface area contributed by atoms with Gasteiger partial charge in [0, 0.05) is 28.4 Å². The molecule has 2 aliphatic rings. The molecule has 0 bridgehead atoms. The summed E-state index contributed by atoms with van der Waals surface area (Å²) < 4.78 is 14.1. The molecule has 3 nitrogen and oxygen atoms in total. The standard InChI is InChI=1S/C20H15Cl2FN2O/c1-9-4-13-12-7-16(23)15(22)8-17(12)24-19(13)20(25-9)14-6-11(21)3-2-10(14)5-18(20)26/h2-3,6-9,24-25H,4-5H2,1H3/t9-,20-/m0/s1. The fourth-order valence-corrected chi connectivity index (χ4v) is 4.85. The van der Waals surface area contributed by atoms with Crippen LogP contribution in [-0.2, 0) is 23.2 Å². The van der Waals surface area contributed by atoms with Crippen molar-refractivity contribution in [1.82, 2.24) is 10.3 Å². The summed E-state index contributed by atoms with van der Waals surface area (Å²) in [7, 11) is 0. The molecule has 0 saturated heterocycles. The van der Waals surface area contributed by atoms with E-state index in [-0.39, 0.29) is 16.8 Å². The lowest BCUT2D eigenvalue weighted by Crippen LogP contribution is -2.55. The van der Waals surface area contributed by atoms with Gasteiger partial charge in [-0.15, -0.1) is 0 Å². The Balaban J connectivity index is 1.87. The highest BCUT2D eigenvalue weighted by Gasteiger charge is 2.52. The summed E-state index contributed by atoms with van der Waals surface area (Å²) in [6.07, 6.45) is 1.04. The smallest absolute Gasteiger partial charge is 0.167 e. The number of hydrogen-bond acceptors (Lipinski definition) is 2. The van der Waals surface area contributed by atoms with Crippen molar-refractivity contribution >= 4 is 39.9 Å². The zero-order chi connectivity index (χ0) is 18.2. The molecule has 2 N–H and O–H groups in total. The van der Waals surface area contributed by atoms with Gasteiger partial charge in [-0.1, -0.05) is 29.3 Å². The quantitative estimate of drug-likeness (QED) is 0.594. The van der Waals surface area contributed by atoms with E-state index in [4.69, 9.17) is 23.2 Å². The van der Waals surface area contributed by atoms with Crippen LogP contribution in [0.2, 0.25) is 10.0 Å². The lowest BCUT2D eigenvalue weighted by Gasteiger charge is -2.38. The predicted octanol–water partition coefficient (Wildman–Crippen LogP) is 4.52. The van der Waals surface area contributed by atoms with Crippen LogP contribution >= 0.6 is 23.2 Å². The Morgan fingerprint density at radius 1 is 1.23 bits per heavy atom. The Kier molecular flexibility index (Phi) is 3.34. The van der Waals surface area contributed by atoms with Crippen LogP contribution in [0.1, 0.15) is 29.3 Å². The van der Waals surface area contributed by atoms with Gasteiger partial charge in [-0.25, -0.2) is 4.39 Å². The van der Waals surface area contributed by atoms with Gasteiger partial charge in [-0.3, -0.25) is 10.1 Å². The zero-order valence-electron chi connectivity index (χ0n) is 13.9. The fourth-order valence-electron chi connectivity index (χ4n) is 4.52. The molecule has 6 heteroatoms. The number of benzene rings is 2. The van der Waals surface area contributed by atoms with Crippen LogP contribution < -0.4 is 5.32 Å². The van der Waals surface area contributed by atoms with Crippen LogP contribution in [0.25, 0.3) is 10.9 Å². The number of hydrogen-bond donors (Lipinski definition) is 2. The van der Waals surface area contributed by atoms with Gasteiger partial charge in [0.1, 0.15) is 11.4 Å². The summed E-state index contributed by atoms with van der Waals surface area (Å²) in [4.78, 5) is 16.6. The third-order valence-corrected chi connectivity index (χ3v) is 6.07. The van der Waals surface area contributed by atoms with E-state index in [0.717, 1.165) is 33.3 Å². The van der Waals surface area contributed by atoms with Crippen molar-refractivity contribution in [2.75, 3.05) is 0 Å². The second kappa shape index (κ2) is 5.32. The van der Waals surface area contributed by atoms with Crippen LogP contribution in [-0.4, -0.2) is 16.8 Å². The molecule has 2 aromatic carbocycles. The second-order valence-electron chi connectivity index (χ2n) is 7.19. The topological polar surface area (TPSA) is 44.9 Å². The Labute approximate surface area is 159 Å². The number of carbonyl (C=O) groups is 1. The molecular formula is C20H15Cl2FN2O. The molecule has 1 aliphatic heterocycles. The highest BCUT2D eigenvalue weighted by molar-refractivity contribution is 6.31. The van der Waals surface area contributed by atoms with Crippen LogP contribution in [0.3, 0.4) is 0 Å². The summed E-state index contributed by atoms with van der Waals surface area (Å²) in [5.74, 6) is -0.386. The molecule has 3 aromatic rings. The average molecular weight is 389 g/mol. The SMILES string of the molecule is C[C@H]1Cc2c([nH]c3cc(Cl)c(F)cc23)[C@@]2(N1)C(=O)Cc1ccc(Cl)cc12. The molecule has 0 fully saturated rings. The molecule has 1 spiro atoms. The molecule has 5 rings (SSSR count). The van der Waals surface area contributed by atoms with E-state index >= 15 is 0 Å². The molecule has 0 saturated carbocycles. The number of Topliss-reactive ketones (excluding diaryl/α,β-unsaturated/α-hetero) is 1. The average Bonchev–Trinajstić information content (AvgIpc) is 3.06. The molecule has 132 valence electrons. The van der Waals surface area contributed by atoms with E-state index in [9.17, 15) is 9.18 Å². The third-order valence-electron chi connectivity index (χ3n) is 5.54. The summed E-state index contributed by atoms with van der Waals surface area (Å²) in [5.41, 5.74) is 3.34. The molecule has 0 radical (unpaired) electrons. The summed E-state index contributed by atoms with van der Waals surface area (Å²) >= 11 is 12.2. The van der Waals surface area contributed by atoms with E-state index in [1.807, 2.05) is 19.1 Å². The lowest BCUT2D eigenvalue weighted by atomic mass is 9.79. The first-order valence-electron chi connectivity index (χ1n) is 8.50. The maximum atomic E-state index is 14.1. The zero-order valence-corrected chi connectivity index (χ0v) is 15.4. The van der Waals surface area contributed by atoms with Gasteiger partial charge >= 0.3 is 0 Å². The summed E-state index contributed by atoms with van der Waals surface area (Å²) in [6, 6.07) is 8.66. The van der Waals surface area contributed by atoms with E-state index in [0.29, 0.717) is 17.9 Å². The molecule has 0 amide bonds. The first-order chi connectivity index (χ1) is 12.4. The van der Waals surface area contributed by atoms with Crippen molar-refractivity contribution in [1.29, 1.82) is 0 Å². The van der Waals surface area contributed by atoms with Crippen molar-refractivity contribution in [2.45, 2.75) is 31.3 Å². The van der Waals surface area contributed by atoms with Gasteiger partial charge in [0.05, 0.1) is 10.7 Å². The van der Waals surface area contributed by atoms with Crippen molar-refractivity contribution in [3.05, 3.63) is 68.6 Å². The van der Waals surface area contributed by atoms with Crippen LogP contribution in [0.15, 0.2) is 30.3 Å². The Morgan fingerprint density at radius 3 is 2.85 bits per heavy atom. The van der Waals surface area contributed by atoms with Crippen LogP contribution in [0.5, 0.6) is 0 Å². The van der Waals surface area contributed by atoms with E-state index in [2.05, 4.69) is 10.3 Å². The number of aromatic amines is 1. The van der Waals surface area contributed by atoms with Crippen LogP contribution in [0, 0.1) is 5.82 Å². The van der Waals surface area contributed by atoms with Gasteiger partial charge in [0.2, 0.25) is 0 Å². The van der Waals surface area contributed by atoms with Gasteiger partial charge in [0.25, 0.3) is 0 Å². The minimum absolute atomic E-state index is 0.0501. The summed E-state index contributed by atoms with van der Waals surface area (Å²) in [6.45, 7) is 2.03. The molecule has 0 unspecified atom stereocenters. The number of H-pyrrole nitrogens is 1. The lowest BCUT2D eigenvalue weighted by molar-refractivity contribution is -0.123. The predicted molar refractivity (Wildman–Crippen MR) is 101 cm³/mol. The highest BCUT2D eigenvalue weighted by atomic mass is 35.5. The van der Waals surface area contributed by atoms with Gasteiger partial charge in [-0.2, -0.15) is 0 Å². The highest BCUT2D eigenvalue weighted by Crippen LogP contribution is 2.46. The Morgan fingerprint density at radius 2 is 2.04 bits per heavy atom.